The minimum atomic E-state index is -0.730. The van der Waals surface area contributed by atoms with Crippen molar-refractivity contribution in [3.05, 3.63) is 11.1 Å². The molecule has 5 nitrogen and oxygen atoms in total. The summed E-state index contributed by atoms with van der Waals surface area (Å²) in [4.78, 5) is 21.1. The van der Waals surface area contributed by atoms with Gasteiger partial charge in [0, 0.05) is 12.5 Å². The Kier molecular flexibility index (Phi) is 10.8. The summed E-state index contributed by atoms with van der Waals surface area (Å²) in [5.41, 5.74) is 7.84. The van der Waals surface area contributed by atoms with Crippen LogP contribution in [0.15, 0.2) is 11.1 Å². The van der Waals surface area contributed by atoms with E-state index >= 15 is 0 Å². The molecule has 0 saturated carbocycles. The molecule has 0 radical (unpaired) electrons. The van der Waals surface area contributed by atoms with E-state index in [-0.39, 0.29) is 19.3 Å². The molecule has 1 aliphatic carbocycles. The van der Waals surface area contributed by atoms with Crippen LogP contribution in [0.3, 0.4) is 0 Å². The molecule has 0 aromatic rings. The van der Waals surface area contributed by atoms with Gasteiger partial charge in [0.05, 0.1) is 12.5 Å². The zero-order valence-corrected chi connectivity index (χ0v) is 14.7. The Morgan fingerprint density at radius 1 is 1.39 bits per heavy atom. The lowest BCUT2D eigenvalue weighted by atomic mass is 9.72. The third-order valence-electron chi connectivity index (χ3n) is 3.67. The van der Waals surface area contributed by atoms with E-state index in [0.29, 0.717) is 12.5 Å². The van der Waals surface area contributed by atoms with Gasteiger partial charge in [0.1, 0.15) is 0 Å². The van der Waals surface area contributed by atoms with Crippen molar-refractivity contribution >= 4 is 11.9 Å². The number of allylic oxidation sites excluding steroid dienone is 1. The van der Waals surface area contributed by atoms with Gasteiger partial charge in [0.2, 0.25) is 0 Å². The number of carbonyl (C=O) groups is 2. The minimum Gasteiger partial charge on any atom is -0.481 e. The number of rotatable bonds is 4. The van der Waals surface area contributed by atoms with E-state index in [4.69, 9.17) is 5.73 Å². The SMILES string of the molecule is C.CC(C)C1=C(C(C)(C)N)C(C(=O)O)CCC1.CCOC(C)=O. The van der Waals surface area contributed by atoms with Crippen LogP contribution in [-0.2, 0) is 14.3 Å². The third kappa shape index (κ3) is 8.16. The van der Waals surface area contributed by atoms with Crippen LogP contribution in [0.5, 0.6) is 0 Å². The number of carbonyl (C=O) groups excluding carboxylic acids is 1. The van der Waals surface area contributed by atoms with Crippen LogP contribution in [0.25, 0.3) is 0 Å². The molecule has 0 saturated heterocycles. The Labute approximate surface area is 141 Å². The molecule has 0 heterocycles. The molecule has 23 heavy (non-hydrogen) atoms. The Balaban J connectivity index is 0. The normalized spacial score (nSPS) is 17.8. The molecule has 0 aromatic carbocycles. The highest BCUT2D eigenvalue weighted by Crippen LogP contribution is 2.38. The van der Waals surface area contributed by atoms with Crippen molar-refractivity contribution in [2.24, 2.45) is 17.6 Å². The van der Waals surface area contributed by atoms with Crippen LogP contribution in [-0.4, -0.2) is 29.2 Å². The summed E-state index contributed by atoms with van der Waals surface area (Å²) < 4.78 is 4.40. The molecule has 1 rings (SSSR count). The number of hydrogen-bond donors (Lipinski definition) is 2. The number of aliphatic carboxylic acids is 1. The maximum atomic E-state index is 11.3. The second-order valence-corrected chi connectivity index (χ2v) is 6.52. The lowest BCUT2D eigenvalue weighted by molar-refractivity contribution is -0.141. The van der Waals surface area contributed by atoms with Gasteiger partial charge in [-0.2, -0.15) is 0 Å². The van der Waals surface area contributed by atoms with Crippen LogP contribution in [0.4, 0.5) is 0 Å². The minimum absolute atomic E-state index is 0. The number of esters is 1. The fourth-order valence-corrected chi connectivity index (χ4v) is 2.91. The molecule has 136 valence electrons. The van der Waals surface area contributed by atoms with Crippen LogP contribution < -0.4 is 5.73 Å². The first kappa shape index (κ1) is 23.9. The maximum Gasteiger partial charge on any atom is 0.310 e. The average molecular weight is 329 g/mol. The molecule has 0 fully saturated rings. The van der Waals surface area contributed by atoms with E-state index in [0.717, 1.165) is 24.8 Å². The highest BCUT2D eigenvalue weighted by molar-refractivity contribution is 5.75. The summed E-state index contributed by atoms with van der Waals surface area (Å²) in [7, 11) is 0. The van der Waals surface area contributed by atoms with Crippen molar-refractivity contribution in [1.82, 2.24) is 0 Å². The van der Waals surface area contributed by atoms with Gasteiger partial charge in [0.25, 0.3) is 0 Å². The molecule has 0 amide bonds. The summed E-state index contributed by atoms with van der Waals surface area (Å²) >= 11 is 0. The molecule has 0 aromatic heterocycles. The summed E-state index contributed by atoms with van der Waals surface area (Å²) in [6.07, 6.45) is 2.68. The van der Waals surface area contributed by atoms with Gasteiger partial charge < -0.3 is 15.6 Å². The first-order valence-electron chi connectivity index (χ1n) is 7.90. The second-order valence-electron chi connectivity index (χ2n) is 6.52. The van der Waals surface area contributed by atoms with Crippen molar-refractivity contribution in [2.45, 2.75) is 73.8 Å². The molecule has 1 atom stereocenters. The Morgan fingerprint density at radius 3 is 2.17 bits per heavy atom. The van der Waals surface area contributed by atoms with Gasteiger partial charge in [-0.25, -0.2) is 0 Å². The van der Waals surface area contributed by atoms with Gasteiger partial charge >= 0.3 is 11.9 Å². The largest absolute Gasteiger partial charge is 0.481 e. The number of carboxylic acids is 1. The van der Waals surface area contributed by atoms with E-state index in [1.165, 1.54) is 12.5 Å². The average Bonchev–Trinajstić information content (AvgIpc) is 2.37. The highest BCUT2D eigenvalue weighted by Gasteiger charge is 2.36. The zero-order valence-electron chi connectivity index (χ0n) is 14.7. The first-order valence-corrected chi connectivity index (χ1v) is 7.90. The van der Waals surface area contributed by atoms with E-state index < -0.39 is 11.5 Å². The van der Waals surface area contributed by atoms with E-state index in [1.54, 1.807) is 6.92 Å². The molecule has 5 heteroatoms. The molecular weight excluding hydrogens is 294 g/mol. The van der Waals surface area contributed by atoms with Crippen LogP contribution >= 0.6 is 0 Å². The quantitative estimate of drug-likeness (QED) is 0.605. The monoisotopic (exact) mass is 329 g/mol. The Hall–Kier alpha value is -1.36. The number of hydrogen-bond acceptors (Lipinski definition) is 4. The molecule has 1 aliphatic rings. The predicted molar refractivity (Wildman–Crippen MR) is 94.1 cm³/mol. The third-order valence-corrected chi connectivity index (χ3v) is 3.67. The Bertz CT molecular complexity index is 419. The summed E-state index contributed by atoms with van der Waals surface area (Å²) in [5, 5.41) is 9.28. The van der Waals surface area contributed by atoms with Crippen LogP contribution in [0, 0.1) is 11.8 Å². The van der Waals surface area contributed by atoms with Crippen LogP contribution in [0.2, 0.25) is 0 Å². The molecule has 3 N–H and O–H groups in total. The van der Waals surface area contributed by atoms with Gasteiger partial charge in [-0.15, -0.1) is 0 Å². The van der Waals surface area contributed by atoms with E-state index in [1.807, 2.05) is 13.8 Å². The highest BCUT2D eigenvalue weighted by atomic mass is 16.5. The lowest BCUT2D eigenvalue weighted by Crippen LogP contribution is -2.42. The van der Waals surface area contributed by atoms with Crippen LogP contribution in [0.1, 0.15) is 68.2 Å². The maximum absolute atomic E-state index is 11.3. The Morgan fingerprint density at radius 2 is 1.91 bits per heavy atom. The van der Waals surface area contributed by atoms with E-state index in [2.05, 4.69) is 18.6 Å². The number of nitrogens with two attached hydrogens (primary N) is 1. The molecule has 0 bridgehead atoms. The number of carboxylic acid groups (broad SMARTS) is 1. The first-order chi connectivity index (χ1) is 10.0. The van der Waals surface area contributed by atoms with Crippen molar-refractivity contribution in [3.8, 4) is 0 Å². The van der Waals surface area contributed by atoms with Gasteiger partial charge in [-0.05, 0) is 51.5 Å². The molecule has 1 unspecified atom stereocenters. The van der Waals surface area contributed by atoms with Crippen molar-refractivity contribution < 1.29 is 19.4 Å². The second kappa shape index (κ2) is 10.4. The molecule has 0 spiro atoms. The van der Waals surface area contributed by atoms with Crippen molar-refractivity contribution in [2.75, 3.05) is 6.61 Å². The summed E-state index contributed by atoms with van der Waals surface area (Å²) in [5.74, 6) is -0.935. The van der Waals surface area contributed by atoms with Gasteiger partial charge in [0.15, 0.2) is 0 Å². The van der Waals surface area contributed by atoms with Gasteiger partial charge in [-0.1, -0.05) is 26.8 Å². The molecular formula is C18H35NO4. The zero-order chi connectivity index (χ0) is 17.5. The standard InChI is InChI=1S/C13H23NO2.C4H8O2.CH4/c1-8(2)9-6-5-7-10(12(15)16)11(9)13(3,4)14;1-3-6-4(2)5;/h8,10H,5-7,14H2,1-4H3,(H,15,16);3H2,1-2H3;1H4. The van der Waals surface area contributed by atoms with Gasteiger partial charge in [-0.3, -0.25) is 9.59 Å². The number of ether oxygens (including phenoxy) is 1. The summed E-state index contributed by atoms with van der Waals surface area (Å²) in [6.45, 7) is 11.7. The lowest BCUT2D eigenvalue weighted by Gasteiger charge is -2.36. The fraction of sp³-hybridized carbons (Fsp3) is 0.778. The molecule has 0 aliphatic heterocycles. The predicted octanol–water partition coefficient (Wildman–Crippen LogP) is 3.77. The smallest absolute Gasteiger partial charge is 0.310 e. The summed E-state index contributed by atoms with van der Waals surface area (Å²) in [6, 6.07) is 0. The van der Waals surface area contributed by atoms with Crippen molar-refractivity contribution in [1.29, 1.82) is 0 Å². The van der Waals surface area contributed by atoms with Crippen molar-refractivity contribution in [3.63, 3.8) is 0 Å². The van der Waals surface area contributed by atoms with E-state index in [9.17, 15) is 14.7 Å². The topological polar surface area (TPSA) is 89.6 Å². The fourth-order valence-electron chi connectivity index (χ4n) is 2.91.